The zero-order valence-electron chi connectivity index (χ0n) is 12.7. The highest BCUT2D eigenvalue weighted by Gasteiger charge is 2.18. The van der Waals surface area contributed by atoms with Gasteiger partial charge in [0.15, 0.2) is 0 Å². The minimum Gasteiger partial charge on any atom is -0.495 e. The van der Waals surface area contributed by atoms with Crippen LogP contribution in [0.3, 0.4) is 0 Å². The number of anilines is 1. The largest absolute Gasteiger partial charge is 0.495 e. The van der Waals surface area contributed by atoms with Crippen molar-refractivity contribution in [3.05, 3.63) is 24.3 Å². The van der Waals surface area contributed by atoms with Gasteiger partial charge in [0.05, 0.1) is 12.8 Å². The molecular formula is C15H25N3O2. The fraction of sp³-hybridized carbons (Fsp3) is 0.533. The maximum absolute atomic E-state index is 11.9. The van der Waals surface area contributed by atoms with Crippen molar-refractivity contribution in [1.29, 1.82) is 0 Å². The van der Waals surface area contributed by atoms with Gasteiger partial charge in [-0.15, -0.1) is 0 Å². The van der Waals surface area contributed by atoms with Gasteiger partial charge in [-0.2, -0.15) is 0 Å². The third-order valence-corrected chi connectivity index (χ3v) is 2.70. The summed E-state index contributed by atoms with van der Waals surface area (Å²) in [7, 11) is 1.62. The molecule has 0 bridgehead atoms. The van der Waals surface area contributed by atoms with Gasteiger partial charge in [-0.25, -0.2) is 0 Å². The minimum absolute atomic E-state index is 0.0182. The lowest BCUT2D eigenvalue weighted by Crippen LogP contribution is -2.44. The number of hydrogen-bond donors (Lipinski definition) is 3. The van der Waals surface area contributed by atoms with Crippen molar-refractivity contribution in [2.24, 2.45) is 5.73 Å². The van der Waals surface area contributed by atoms with Gasteiger partial charge in [-0.3, -0.25) is 4.79 Å². The molecule has 5 heteroatoms. The zero-order chi connectivity index (χ0) is 15.2. The number of methoxy groups -OCH3 is 1. The maximum Gasteiger partial charge on any atom is 0.222 e. The molecule has 0 aromatic heterocycles. The number of rotatable bonds is 6. The Labute approximate surface area is 120 Å². The monoisotopic (exact) mass is 279 g/mol. The van der Waals surface area contributed by atoms with Crippen LogP contribution in [0, 0.1) is 0 Å². The summed E-state index contributed by atoms with van der Waals surface area (Å²) in [4.78, 5) is 11.9. The van der Waals surface area contributed by atoms with Crippen LogP contribution in [0.1, 0.15) is 27.2 Å². The first-order chi connectivity index (χ1) is 9.35. The molecular weight excluding hydrogens is 254 g/mol. The molecule has 4 N–H and O–H groups in total. The number of amides is 1. The molecule has 1 unspecified atom stereocenters. The summed E-state index contributed by atoms with van der Waals surface area (Å²) in [5.74, 6) is 0.720. The lowest BCUT2D eigenvalue weighted by molar-refractivity contribution is -0.122. The second kappa shape index (κ2) is 7.14. The van der Waals surface area contributed by atoms with Gasteiger partial charge in [0, 0.05) is 24.5 Å². The molecule has 112 valence electrons. The summed E-state index contributed by atoms with van der Waals surface area (Å²) < 4.78 is 5.27. The van der Waals surface area contributed by atoms with Crippen molar-refractivity contribution in [2.75, 3.05) is 19.0 Å². The Kier molecular flexibility index (Phi) is 5.82. The van der Waals surface area contributed by atoms with E-state index in [1.165, 1.54) is 0 Å². The van der Waals surface area contributed by atoms with Crippen LogP contribution in [0.25, 0.3) is 0 Å². The molecule has 0 aliphatic rings. The van der Waals surface area contributed by atoms with Gasteiger partial charge in [0.2, 0.25) is 5.91 Å². The third-order valence-electron chi connectivity index (χ3n) is 2.70. The Morgan fingerprint density at radius 3 is 2.55 bits per heavy atom. The quantitative estimate of drug-likeness (QED) is 0.741. The average molecular weight is 279 g/mol. The summed E-state index contributed by atoms with van der Waals surface area (Å²) in [6.45, 7) is 6.23. The summed E-state index contributed by atoms with van der Waals surface area (Å²) in [5.41, 5.74) is 6.35. The third kappa shape index (κ3) is 5.48. The SMILES string of the molecule is COc1ccccc1NC(CN)CC(=O)NC(C)(C)C. The van der Waals surface area contributed by atoms with E-state index in [9.17, 15) is 4.79 Å². The fourth-order valence-electron chi connectivity index (χ4n) is 1.87. The second-order valence-corrected chi connectivity index (χ2v) is 5.78. The molecule has 1 aromatic carbocycles. The number of para-hydroxylation sites is 2. The summed E-state index contributed by atoms with van der Waals surface area (Å²) >= 11 is 0. The predicted octanol–water partition coefficient (Wildman–Crippen LogP) is 1.74. The number of ether oxygens (including phenoxy) is 1. The number of hydrogen-bond acceptors (Lipinski definition) is 4. The number of nitrogens with two attached hydrogens (primary N) is 1. The zero-order valence-corrected chi connectivity index (χ0v) is 12.7. The van der Waals surface area contributed by atoms with Gasteiger partial charge in [0.25, 0.3) is 0 Å². The molecule has 0 saturated carbocycles. The van der Waals surface area contributed by atoms with Crippen LogP contribution in [0.15, 0.2) is 24.3 Å². The summed E-state index contributed by atoms with van der Waals surface area (Å²) in [5, 5.41) is 6.19. The number of nitrogens with one attached hydrogen (secondary N) is 2. The van der Waals surface area contributed by atoms with E-state index in [4.69, 9.17) is 10.5 Å². The van der Waals surface area contributed by atoms with Crippen LogP contribution in [-0.2, 0) is 4.79 Å². The standard InChI is InChI=1S/C15H25N3O2/c1-15(2,3)18-14(19)9-11(10-16)17-12-7-5-6-8-13(12)20-4/h5-8,11,17H,9-10,16H2,1-4H3,(H,18,19). The second-order valence-electron chi connectivity index (χ2n) is 5.78. The Morgan fingerprint density at radius 1 is 1.35 bits per heavy atom. The maximum atomic E-state index is 11.9. The Hall–Kier alpha value is -1.75. The minimum atomic E-state index is -0.235. The first-order valence-electron chi connectivity index (χ1n) is 6.76. The first kappa shape index (κ1) is 16.3. The highest BCUT2D eigenvalue weighted by molar-refractivity contribution is 5.78. The molecule has 20 heavy (non-hydrogen) atoms. The van der Waals surface area contributed by atoms with Crippen molar-refractivity contribution in [3.63, 3.8) is 0 Å². The normalized spacial score (nSPS) is 12.7. The van der Waals surface area contributed by atoms with E-state index in [1.807, 2.05) is 45.0 Å². The van der Waals surface area contributed by atoms with E-state index in [0.29, 0.717) is 13.0 Å². The summed E-state index contributed by atoms with van der Waals surface area (Å²) in [6.07, 6.45) is 0.325. The molecule has 5 nitrogen and oxygen atoms in total. The predicted molar refractivity (Wildman–Crippen MR) is 82.0 cm³/mol. The Morgan fingerprint density at radius 2 is 2.00 bits per heavy atom. The van der Waals surface area contributed by atoms with Crippen molar-refractivity contribution < 1.29 is 9.53 Å². The molecule has 1 aromatic rings. The van der Waals surface area contributed by atoms with Crippen molar-refractivity contribution in [3.8, 4) is 5.75 Å². The van der Waals surface area contributed by atoms with E-state index < -0.39 is 0 Å². The lowest BCUT2D eigenvalue weighted by atomic mass is 10.1. The highest BCUT2D eigenvalue weighted by Crippen LogP contribution is 2.24. The van der Waals surface area contributed by atoms with Crippen molar-refractivity contribution in [1.82, 2.24) is 5.32 Å². The Bertz CT molecular complexity index is 441. The first-order valence-corrected chi connectivity index (χ1v) is 6.76. The fourth-order valence-corrected chi connectivity index (χ4v) is 1.87. The molecule has 0 aliphatic heterocycles. The average Bonchev–Trinajstić information content (AvgIpc) is 2.36. The number of carbonyl (C=O) groups is 1. The van der Waals surface area contributed by atoms with Crippen LogP contribution in [0.5, 0.6) is 5.75 Å². The van der Waals surface area contributed by atoms with Crippen LogP contribution in [-0.4, -0.2) is 31.1 Å². The van der Waals surface area contributed by atoms with E-state index in [-0.39, 0.29) is 17.5 Å². The highest BCUT2D eigenvalue weighted by atomic mass is 16.5. The van der Waals surface area contributed by atoms with Crippen LogP contribution >= 0.6 is 0 Å². The van der Waals surface area contributed by atoms with Gasteiger partial charge in [0.1, 0.15) is 5.75 Å². The molecule has 0 radical (unpaired) electrons. The van der Waals surface area contributed by atoms with Crippen molar-refractivity contribution in [2.45, 2.75) is 38.8 Å². The molecule has 1 amide bonds. The Balaban J connectivity index is 2.65. The molecule has 0 heterocycles. The van der Waals surface area contributed by atoms with Gasteiger partial charge >= 0.3 is 0 Å². The van der Waals surface area contributed by atoms with E-state index in [2.05, 4.69) is 10.6 Å². The smallest absolute Gasteiger partial charge is 0.222 e. The van der Waals surface area contributed by atoms with E-state index in [0.717, 1.165) is 11.4 Å². The molecule has 0 spiro atoms. The van der Waals surface area contributed by atoms with E-state index >= 15 is 0 Å². The van der Waals surface area contributed by atoms with Gasteiger partial charge < -0.3 is 21.1 Å². The molecule has 1 atom stereocenters. The van der Waals surface area contributed by atoms with Crippen molar-refractivity contribution >= 4 is 11.6 Å². The number of carbonyl (C=O) groups excluding carboxylic acids is 1. The van der Waals surface area contributed by atoms with Crippen LogP contribution < -0.4 is 21.1 Å². The van der Waals surface area contributed by atoms with Gasteiger partial charge in [-0.1, -0.05) is 12.1 Å². The lowest BCUT2D eigenvalue weighted by Gasteiger charge is -2.24. The van der Waals surface area contributed by atoms with Crippen LogP contribution in [0.2, 0.25) is 0 Å². The number of benzene rings is 1. The van der Waals surface area contributed by atoms with Crippen LogP contribution in [0.4, 0.5) is 5.69 Å². The molecule has 0 saturated heterocycles. The topological polar surface area (TPSA) is 76.4 Å². The molecule has 1 rings (SSSR count). The van der Waals surface area contributed by atoms with Gasteiger partial charge in [-0.05, 0) is 32.9 Å². The molecule has 0 aliphatic carbocycles. The van der Waals surface area contributed by atoms with E-state index in [1.54, 1.807) is 7.11 Å². The summed E-state index contributed by atoms with van der Waals surface area (Å²) in [6, 6.07) is 7.45. The molecule has 0 fully saturated rings.